The molecule has 0 aliphatic carbocycles. The molecule has 2 aromatic carbocycles. The number of nitrogens with zero attached hydrogens (tertiary/aromatic N) is 3. The van der Waals surface area contributed by atoms with E-state index in [0.29, 0.717) is 18.8 Å². The van der Waals surface area contributed by atoms with Crippen molar-refractivity contribution >= 4 is 16.8 Å². The minimum atomic E-state index is -0.180. The monoisotopic (exact) mass is 370 g/mol. The Labute approximate surface area is 164 Å². The zero-order valence-corrected chi connectivity index (χ0v) is 16.0. The number of fused-ring (bicyclic) bond motifs is 1. The summed E-state index contributed by atoms with van der Waals surface area (Å²) in [6.45, 7) is 5.16. The third-order valence-electron chi connectivity index (χ3n) is 4.96. The molecule has 0 saturated heterocycles. The third kappa shape index (κ3) is 3.64. The predicted molar refractivity (Wildman–Crippen MR) is 110 cm³/mol. The first kappa shape index (κ1) is 17.9. The van der Waals surface area contributed by atoms with Gasteiger partial charge in [-0.2, -0.15) is 5.10 Å². The van der Waals surface area contributed by atoms with Crippen LogP contribution in [0.5, 0.6) is 0 Å². The van der Waals surface area contributed by atoms with Gasteiger partial charge in [-0.05, 0) is 31.5 Å². The first-order valence-electron chi connectivity index (χ1n) is 9.32. The average Bonchev–Trinajstić information content (AvgIpc) is 2.99. The summed E-state index contributed by atoms with van der Waals surface area (Å²) in [4.78, 5) is 17.0. The zero-order chi connectivity index (χ0) is 19.5. The van der Waals surface area contributed by atoms with Gasteiger partial charge >= 0.3 is 0 Å². The van der Waals surface area contributed by atoms with E-state index in [4.69, 9.17) is 0 Å². The van der Waals surface area contributed by atoms with Crippen molar-refractivity contribution in [3.8, 4) is 0 Å². The highest BCUT2D eigenvalue weighted by Crippen LogP contribution is 2.16. The molecule has 0 unspecified atom stereocenters. The molecule has 0 aliphatic heterocycles. The number of rotatable bonds is 5. The van der Waals surface area contributed by atoms with E-state index in [-0.39, 0.29) is 5.91 Å². The van der Waals surface area contributed by atoms with Crippen molar-refractivity contribution < 1.29 is 4.79 Å². The Morgan fingerprint density at radius 3 is 2.54 bits per heavy atom. The van der Waals surface area contributed by atoms with Crippen molar-refractivity contribution in [2.75, 3.05) is 0 Å². The Kier molecular flexibility index (Phi) is 4.89. The Morgan fingerprint density at radius 2 is 1.71 bits per heavy atom. The molecular formula is C23H22N4O. The van der Waals surface area contributed by atoms with Crippen LogP contribution in [-0.4, -0.2) is 20.7 Å². The number of carbonyl (C=O) groups excluding carboxylic acids is 1. The maximum Gasteiger partial charge on any atom is 0.270 e. The molecule has 5 nitrogen and oxygen atoms in total. The molecule has 4 rings (SSSR count). The molecule has 0 aliphatic rings. The van der Waals surface area contributed by atoms with E-state index >= 15 is 0 Å². The fraction of sp³-hybridized carbons (Fsp3) is 0.174. The molecule has 140 valence electrons. The molecule has 0 atom stereocenters. The van der Waals surface area contributed by atoms with E-state index in [9.17, 15) is 4.79 Å². The summed E-state index contributed by atoms with van der Waals surface area (Å²) in [6.07, 6.45) is 0. The smallest absolute Gasteiger partial charge is 0.270 e. The fourth-order valence-corrected chi connectivity index (χ4v) is 3.35. The van der Waals surface area contributed by atoms with Gasteiger partial charge in [0, 0.05) is 23.2 Å². The van der Waals surface area contributed by atoms with Gasteiger partial charge in [0.05, 0.1) is 17.8 Å². The lowest BCUT2D eigenvalue weighted by Gasteiger charge is -2.08. The molecule has 1 N–H and O–H groups in total. The number of pyridine rings is 1. The van der Waals surface area contributed by atoms with Gasteiger partial charge in [0.15, 0.2) is 0 Å². The highest BCUT2D eigenvalue weighted by Gasteiger charge is 2.14. The summed E-state index contributed by atoms with van der Waals surface area (Å²) in [5, 5.41) is 8.65. The van der Waals surface area contributed by atoms with Gasteiger partial charge in [-0.1, -0.05) is 54.6 Å². The molecule has 0 radical (unpaired) electrons. The second kappa shape index (κ2) is 7.64. The summed E-state index contributed by atoms with van der Waals surface area (Å²) in [5.41, 5.74) is 5.48. The lowest BCUT2D eigenvalue weighted by molar-refractivity contribution is 0.0946. The fourth-order valence-electron chi connectivity index (χ4n) is 3.35. The summed E-state index contributed by atoms with van der Waals surface area (Å²) >= 11 is 0. The summed E-state index contributed by atoms with van der Waals surface area (Å²) < 4.78 is 1.99. The van der Waals surface area contributed by atoms with E-state index in [2.05, 4.69) is 27.5 Å². The molecule has 2 heterocycles. The lowest BCUT2D eigenvalue weighted by atomic mass is 10.1. The van der Waals surface area contributed by atoms with E-state index < -0.39 is 0 Å². The summed E-state index contributed by atoms with van der Waals surface area (Å²) in [7, 11) is 0. The molecule has 5 heteroatoms. The van der Waals surface area contributed by atoms with Crippen LogP contribution in [0.15, 0.2) is 66.7 Å². The van der Waals surface area contributed by atoms with Crippen LogP contribution >= 0.6 is 0 Å². The van der Waals surface area contributed by atoms with E-state index in [1.165, 1.54) is 5.56 Å². The number of nitrogens with one attached hydrogen (secondary N) is 1. The lowest BCUT2D eigenvalue weighted by Crippen LogP contribution is -2.24. The average molecular weight is 370 g/mol. The second-order valence-corrected chi connectivity index (χ2v) is 6.86. The molecule has 28 heavy (non-hydrogen) atoms. The zero-order valence-electron chi connectivity index (χ0n) is 16.0. The number of amides is 1. The Bertz CT molecular complexity index is 1130. The highest BCUT2D eigenvalue weighted by atomic mass is 16.1. The van der Waals surface area contributed by atoms with Crippen LogP contribution in [0.25, 0.3) is 10.9 Å². The molecule has 4 aromatic rings. The quantitative estimate of drug-likeness (QED) is 0.577. The second-order valence-electron chi connectivity index (χ2n) is 6.86. The first-order chi connectivity index (χ1) is 13.6. The summed E-state index contributed by atoms with van der Waals surface area (Å²) in [5.74, 6) is -0.180. The number of hydrogen-bond donors (Lipinski definition) is 1. The van der Waals surface area contributed by atoms with E-state index in [1.807, 2.05) is 67.1 Å². The largest absolute Gasteiger partial charge is 0.346 e. The Morgan fingerprint density at radius 1 is 0.964 bits per heavy atom. The maximum absolute atomic E-state index is 12.6. The summed E-state index contributed by atoms with van der Waals surface area (Å²) in [6, 6.07) is 21.7. The van der Waals surface area contributed by atoms with Gasteiger partial charge in [-0.25, -0.2) is 4.98 Å². The van der Waals surface area contributed by atoms with Crippen molar-refractivity contribution in [3.63, 3.8) is 0 Å². The normalized spacial score (nSPS) is 10.9. The standard InChI is InChI=1S/C23H22N4O/c1-16-20(17(2)27(26-16)15-18-8-4-3-5-9-18)14-24-23(28)22-13-12-19-10-6-7-11-21(19)25-22/h3-13H,14-15H2,1-2H3,(H,24,28). The molecular weight excluding hydrogens is 348 g/mol. The number of carbonyl (C=O) groups is 1. The molecule has 0 fully saturated rings. The van der Waals surface area contributed by atoms with Crippen LogP contribution < -0.4 is 5.32 Å². The van der Waals surface area contributed by atoms with Gasteiger partial charge in [0.25, 0.3) is 5.91 Å². The van der Waals surface area contributed by atoms with Crippen LogP contribution in [0.3, 0.4) is 0 Å². The third-order valence-corrected chi connectivity index (χ3v) is 4.96. The van der Waals surface area contributed by atoms with Crippen molar-refractivity contribution in [3.05, 3.63) is 94.9 Å². The van der Waals surface area contributed by atoms with Gasteiger partial charge in [0.2, 0.25) is 0 Å². The Balaban J connectivity index is 1.48. The number of aryl methyl sites for hydroxylation is 1. The number of hydrogen-bond acceptors (Lipinski definition) is 3. The first-order valence-corrected chi connectivity index (χ1v) is 9.32. The van der Waals surface area contributed by atoms with Gasteiger partial charge in [-0.3, -0.25) is 9.48 Å². The molecule has 0 bridgehead atoms. The van der Waals surface area contributed by atoms with Gasteiger partial charge < -0.3 is 5.32 Å². The maximum atomic E-state index is 12.6. The van der Waals surface area contributed by atoms with Crippen LogP contribution in [0.4, 0.5) is 0 Å². The number of para-hydroxylation sites is 1. The topological polar surface area (TPSA) is 59.8 Å². The molecule has 0 saturated carbocycles. The van der Waals surface area contributed by atoms with Crippen LogP contribution in [0.2, 0.25) is 0 Å². The van der Waals surface area contributed by atoms with Crippen LogP contribution in [-0.2, 0) is 13.1 Å². The molecule has 1 amide bonds. The van der Waals surface area contributed by atoms with Crippen molar-refractivity contribution in [2.45, 2.75) is 26.9 Å². The van der Waals surface area contributed by atoms with Gasteiger partial charge in [0.1, 0.15) is 5.69 Å². The van der Waals surface area contributed by atoms with E-state index in [0.717, 1.165) is 27.9 Å². The van der Waals surface area contributed by atoms with Crippen LogP contribution in [0, 0.1) is 13.8 Å². The highest BCUT2D eigenvalue weighted by molar-refractivity contribution is 5.94. The minimum Gasteiger partial charge on any atom is -0.346 e. The molecule has 2 aromatic heterocycles. The number of benzene rings is 2. The van der Waals surface area contributed by atoms with Crippen LogP contribution in [0.1, 0.15) is 33.0 Å². The predicted octanol–water partition coefficient (Wildman–Crippen LogP) is 4.03. The van der Waals surface area contributed by atoms with Crippen molar-refractivity contribution in [1.29, 1.82) is 0 Å². The Hall–Kier alpha value is -3.47. The van der Waals surface area contributed by atoms with Gasteiger partial charge in [-0.15, -0.1) is 0 Å². The SMILES string of the molecule is Cc1nn(Cc2ccccc2)c(C)c1CNC(=O)c1ccc2ccccc2n1. The minimum absolute atomic E-state index is 0.180. The number of aromatic nitrogens is 3. The molecule has 0 spiro atoms. The van der Waals surface area contributed by atoms with Crippen molar-refractivity contribution in [1.82, 2.24) is 20.1 Å². The van der Waals surface area contributed by atoms with E-state index in [1.54, 1.807) is 6.07 Å². The van der Waals surface area contributed by atoms with Crippen molar-refractivity contribution in [2.24, 2.45) is 0 Å².